The number of rotatable bonds is 5. The fraction of sp³-hybridized carbons (Fsp3) is 0.412. The van der Waals surface area contributed by atoms with Gasteiger partial charge >= 0.3 is 12.2 Å². The van der Waals surface area contributed by atoms with E-state index in [0.29, 0.717) is 35.2 Å². The number of nitrogens with one attached hydrogen (secondary N) is 2. The summed E-state index contributed by atoms with van der Waals surface area (Å²) >= 11 is 5.91. The minimum Gasteiger partial charge on any atom is -0.495 e. The second-order valence-electron chi connectivity index (χ2n) is 6.02. The molecule has 2 aromatic rings. The molecule has 0 atom stereocenters. The van der Waals surface area contributed by atoms with Gasteiger partial charge in [-0.25, -0.2) is 4.79 Å². The zero-order valence-corrected chi connectivity index (χ0v) is 15.7. The Hall–Kier alpha value is -2.46. The summed E-state index contributed by atoms with van der Waals surface area (Å²) in [5, 5.41) is 9.28. The van der Waals surface area contributed by atoms with Crippen molar-refractivity contribution in [3.63, 3.8) is 0 Å². The molecule has 1 aromatic heterocycles. The van der Waals surface area contributed by atoms with Gasteiger partial charge in [0, 0.05) is 29.2 Å². The third kappa shape index (κ3) is 4.50. The molecule has 0 unspecified atom stereocenters. The molecule has 2 N–H and O–H groups in total. The molecule has 7 nitrogen and oxygen atoms in total. The maximum Gasteiger partial charge on any atom is 0.435 e. The van der Waals surface area contributed by atoms with Gasteiger partial charge in [0.15, 0.2) is 5.69 Å². The van der Waals surface area contributed by atoms with E-state index in [2.05, 4.69) is 15.7 Å². The van der Waals surface area contributed by atoms with Gasteiger partial charge in [-0.15, -0.1) is 0 Å². The number of anilines is 1. The number of fused-ring (bicyclic) bond motifs is 1. The van der Waals surface area contributed by atoms with Gasteiger partial charge in [-0.3, -0.25) is 4.68 Å². The van der Waals surface area contributed by atoms with Crippen LogP contribution in [0.4, 0.5) is 23.7 Å². The number of ether oxygens (including phenoxy) is 2. The number of aromatic nitrogens is 2. The lowest BCUT2D eigenvalue weighted by atomic mass is 10.1. The number of methoxy groups -OCH3 is 1. The fourth-order valence-corrected chi connectivity index (χ4v) is 3.11. The molecule has 1 aromatic carbocycles. The van der Waals surface area contributed by atoms with E-state index in [0.717, 1.165) is 0 Å². The number of benzene rings is 1. The molecule has 11 heteroatoms. The molecule has 0 aliphatic carbocycles. The van der Waals surface area contributed by atoms with Crippen LogP contribution in [-0.2, 0) is 30.5 Å². The minimum atomic E-state index is -4.55. The average Bonchev–Trinajstić information content (AvgIpc) is 3.01. The van der Waals surface area contributed by atoms with Gasteiger partial charge in [0.2, 0.25) is 0 Å². The van der Waals surface area contributed by atoms with E-state index in [-0.39, 0.29) is 25.3 Å². The van der Waals surface area contributed by atoms with E-state index in [9.17, 15) is 18.0 Å². The quantitative estimate of drug-likeness (QED) is 0.779. The lowest BCUT2D eigenvalue weighted by Crippen LogP contribution is -2.32. The molecule has 0 radical (unpaired) electrons. The van der Waals surface area contributed by atoms with Crippen LogP contribution in [0.15, 0.2) is 18.2 Å². The van der Waals surface area contributed by atoms with Crippen LogP contribution in [0, 0.1) is 0 Å². The van der Waals surface area contributed by atoms with Gasteiger partial charge in [0.1, 0.15) is 5.75 Å². The molecule has 0 saturated heterocycles. The third-order valence-corrected chi connectivity index (χ3v) is 4.42. The van der Waals surface area contributed by atoms with Crippen molar-refractivity contribution >= 4 is 23.3 Å². The van der Waals surface area contributed by atoms with Crippen LogP contribution in [0.3, 0.4) is 0 Å². The summed E-state index contributed by atoms with van der Waals surface area (Å²) < 4.78 is 51.0. The Morgan fingerprint density at radius 2 is 2.21 bits per heavy atom. The van der Waals surface area contributed by atoms with Crippen molar-refractivity contribution in [3.05, 3.63) is 40.2 Å². The predicted octanol–water partition coefficient (Wildman–Crippen LogP) is 3.46. The summed E-state index contributed by atoms with van der Waals surface area (Å²) in [6, 6.07) is 4.21. The van der Waals surface area contributed by atoms with E-state index in [1.165, 1.54) is 17.9 Å². The highest BCUT2D eigenvalue weighted by Gasteiger charge is 2.39. The molecule has 0 saturated carbocycles. The van der Waals surface area contributed by atoms with Gasteiger partial charge < -0.3 is 20.1 Å². The standard InChI is InChI=1S/C17H18ClF3N4O3/c1-27-14-3-2-10(18)8-12(14)23-16(26)22-5-6-25-13-4-7-28-9-11(13)15(24-25)17(19,20)21/h2-3,8H,4-7,9H2,1H3,(H2,22,23,26). The van der Waals surface area contributed by atoms with Gasteiger partial charge in [-0.1, -0.05) is 11.6 Å². The molecule has 1 aliphatic rings. The van der Waals surface area contributed by atoms with Crippen LogP contribution in [0.1, 0.15) is 17.0 Å². The van der Waals surface area contributed by atoms with Crippen LogP contribution in [0.2, 0.25) is 5.02 Å². The van der Waals surface area contributed by atoms with Crippen molar-refractivity contribution in [2.75, 3.05) is 25.6 Å². The number of hydrogen-bond donors (Lipinski definition) is 2. The van der Waals surface area contributed by atoms with Gasteiger partial charge in [0.25, 0.3) is 0 Å². The molecule has 1 aliphatic heterocycles. The molecule has 2 amide bonds. The van der Waals surface area contributed by atoms with E-state index < -0.39 is 17.9 Å². The van der Waals surface area contributed by atoms with E-state index >= 15 is 0 Å². The molecule has 2 heterocycles. The molecule has 0 spiro atoms. The average molecular weight is 419 g/mol. The number of nitrogens with zero attached hydrogens (tertiary/aromatic N) is 2. The van der Waals surface area contributed by atoms with Crippen LogP contribution in [0.5, 0.6) is 5.75 Å². The highest BCUT2D eigenvalue weighted by atomic mass is 35.5. The zero-order chi connectivity index (χ0) is 20.3. The van der Waals surface area contributed by atoms with E-state index in [4.69, 9.17) is 21.1 Å². The first-order chi connectivity index (χ1) is 13.3. The molecule has 0 bridgehead atoms. The van der Waals surface area contributed by atoms with Gasteiger partial charge in [-0.2, -0.15) is 18.3 Å². The Kier molecular flexibility index (Phi) is 5.99. The van der Waals surface area contributed by atoms with Crippen LogP contribution in [0.25, 0.3) is 0 Å². The van der Waals surface area contributed by atoms with Crippen molar-refractivity contribution < 1.29 is 27.4 Å². The van der Waals surface area contributed by atoms with Crippen LogP contribution >= 0.6 is 11.6 Å². The largest absolute Gasteiger partial charge is 0.495 e. The van der Waals surface area contributed by atoms with Crippen molar-refractivity contribution in [3.8, 4) is 5.75 Å². The summed E-state index contributed by atoms with van der Waals surface area (Å²) in [6.07, 6.45) is -4.21. The number of carbonyl (C=O) groups is 1. The Balaban J connectivity index is 1.63. The highest BCUT2D eigenvalue weighted by molar-refractivity contribution is 6.31. The van der Waals surface area contributed by atoms with Gasteiger partial charge in [0.05, 0.1) is 32.6 Å². The fourth-order valence-electron chi connectivity index (χ4n) is 2.94. The maximum atomic E-state index is 13.2. The number of halogens is 4. The monoisotopic (exact) mass is 418 g/mol. The zero-order valence-electron chi connectivity index (χ0n) is 14.9. The number of urea groups is 1. The SMILES string of the molecule is COc1ccc(Cl)cc1NC(=O)NCCn1nc(C(F)(F)F)c2c1CCOC2. The molecule has 152 valence electrons. The van der Waals surface area contributed by atoms with E-state index in [1.807, 2.05) is 0 Å². The van der Waals surface area contributed by atoms with Crippen molar-refractivity contribution in [1.29, 1.82) is 0 Å². The lowest BCUT2D eigenvalue weighted by Gasteiger charge is -2.16. The summed E-state index contributed by atoms with van der Waals surface area (Å²) in [4.78, 5) is 12.1. The van der Waals surface area contributed by atoms with Crippen molar-refractivity contribution in [2.45, 2.75) is 25.7 Å². The molecule has 3 rings (SSSR count). The number of carbonyl (C=O) groups excluding carboxylic acids is 1. The highest BCUT2D eigenvalue weighted by Crippen LogP contribution is 2.34. The number of hydrogen-bond acceptors (Lipinski definition) is 4. The first-order valence-corrected chi connectivity index (χ1v) is 8.79. The Labute approximate surface area is 163 Å². The smallest absolute Gasteiger partial charge is 0.435 e. The summed E-state index contributed by atoms with van der Waals surface area (Å²) in [5.41, 5.74) is -0.0139. The second-order valence-corrected chi connectivity index (χ2v) is 6.46. The maximum absolute atomic E-state index is 13.2. The number of alkyl halides is 3. The molecular formula is C17H18ClF3N4O3. The summed E-state index contributed by atoms with van der Waals surface area (Å²) in [5.74, 6) is 0.426. The lowest BCUT2D eigenvalue weighted by molar-refractivity contribution is -0.142. The van der Waals surface area contributed by atoms with Gasteiger partial charge in [-0.05, 0) is 18.2 Å². The predicted molar refractivity (Wildman–Crippen MR) is 95.6 cm³/mol. The van der Waals surface area contributed by atoms with Crippen LogP contribution < -0.4 is 15.4 Å². The Bertz CT molecular complexity index is 870. The Morgan fingerprint density at radius 3 is 2.93 bits per heavy atom. The summed E-state index contributed by atoms with van der Waals surface area (Å²) in [6.45, 7) is 0.393. The first kappa shape index (κ1) is 20.3. The van der Waals surface area contributed by atoms with Crippen LogP contribution in [-0.4, -0.2) is 36.1 Å². The Morgan fingerprint density at radius 1 is 1.43 bits per heavy atom. The number of amides is 2. The molecular weight excluding hydrogens is 401 g/mol. The summed E-state index contributed by atoms with van der Waals surface area (Å²) in [7, 11) is 1.45. The normalized spacial score (nSPS) is 13.8. The topological polar surface area (TPSA) is 77.4 Å². The molecule has 28 heavy (non-hydrogen) atoms. The molecule has 0 fully saturated rings. The minimum absolute atomic E-state index is 0.0619. The van der Waals surface area contributed by atoms with Crippen molar-refractivity contribution in [2.24, 2.45) is 0 Å². The van der Waals surface area contributed by atoms with Crippen molar-refractivity contribution in [1.82, 2.24) is 15.1 Å². The first-order valence-electron chi connectivity index (χ1n) is 8.41. The van der Waals surface area contributed by atoms with E-state index in [1.54, 1.807) is 12.1 Å². The third-order valence-electron chi connectivity index (χ3n) is 4.18. The second kappa shape index (κ2) is 8.27.